The molecule has 0 saturated heterocycles. The minimum absolute atomic E-state index is 0.340. The Hall–Kier alpha value is -2.53. The Morgan fingerprint density at radius 3 is 2.58 bits per heavy atom. The zero-order valence-corrected chi connectivity index (χ0v) is 14.3. The van der Waals surface area contributed by atoms with Gasteiger partial charge in [-0.25, -0.2) is 0 Å². The number of aryl methyl sites for hydroxylation is 1. The maximum absolute atomic E-state index is 11.9. The van der Waals surface area contributed by atoms with Gasteiger partial charge in [0.25, 0.3) is 0 Å². The van der Waals surface area contributed by atoms with Gasteiger partial charge >= 0.3 is 11.8 Å². The number of ether oxygens (including phenoxy) is 1. The van der Waals surface area contributed by atoms with Crippen molar-refractivity contribution in [2.24, 2.45) is 0 Å². The van der Waals surface area contributed by atoms with Crippen molar-refractivity contribution >= 4 is 29.1 Å². The minimum atomic E-state index is -0.708. The molecule has 5 nitrogen and oxygen atoms in total. The molecule has 0 aromatic heterocycles. The van der Waals surface area contributed by atoms with Crippen molar-refractivity contribution in [3.05, 3.63) is 58.6 Å². The quantitative estimate of drug-likeness (QED) is 0.818. The van der Waals surface area contributed by atoms with Gasteiger partial charge in [0.2, 0.25) is 0 Å². The lowest BCUT2D eigenvalue weighted by Crippen LogP contribution is -2.36. The molecule has 24 heavy (non-hydrogen) atoms. The van der Waals surface area contributed by atoms with Crippen molar-refractivity contribution in [2.75, 3.05) is 19.0 Å². The molecular weight excluding hydrogens is 328 g/mol. The fourth-order valence-corrected chi connectivity index (χ4v) is 2.47. The van der Waals surface area contributed by atoms with E-state index >= 15 is 0 Å². The maximum atomic E-state index is 11.9. The van der Waals surface area contributed by atoms with E-state index in [0.717, 1.165) is 16.9 Å². The van der Waals surface area contributed by atoms with Crippen LogP contribution in [0.15, 0.2) is 42.5 Å². The van der Waals surface area contributed by atoms with Crippen LogP contribution in [-0.2, 0) is 16.0 Å². The van der Waals surface area contributed by atoms with Crippen molar-refractivity contribution in [1.29, 1.82) is 0 Å². The largest absolute Gasteiger partial charge is 0.496 e. The van der Waals surface area contributed by atoms with E-state index in [2.05, 4.69) is 10.6 Å². The average Bonchev–Trinajstić information content (AvgIpc) is 2.57. The molecule has 0 heterocycles. The molecular formula is C18H19ClN2O3. The number of anilines is 1. The highest BCUT2D eigenvalue weighted by Crippen LogP contribution is 2.19. The van der Waals surface area contributed by atoms with Crippen molar-refractivity contribution in [1.82, 2.24) is 5.32 Å². The third kappa shape index (κ3) is 4.73. The molecule has 0 unspecified atom stereocenters. The van der Waals surface area contributed by atoms with Gasteiger partial charge < -0.3 is 15.4 Å². The van der Waals surface area contributed by atoms with Crippen LogP contribution in [0.4, 0.5) is 5.69 Å². The van der Waals surface area contributed by atoms with Crippen LogP contribution in [0.3, 0.4) is 0 Å². The van der Waals surface area contributed by atoms with Gasteiger partial charge in [0.1, 0.15) is 5.75 Å². The number of amides is 2. The van der Waals surface area contributed by atoms with Gasteiger partial charge in [-0.1, -0.05) is 29.8 Å². The summed E-state index contributed by atoms with van der Waals surface area (Å²) < 4.78 is 5.25. The first-order chi connectivity index (χ1) is 11.5. The zero-order chi connectivity index (χ0) is 17.5. The van der Waals surface area contributed by atoms with Crippen LogP contribution in [0.2, 0.25) is 5.02 Å². The first-order valence-corrected chi connectivity index (χ1v) is 7.86. The molecule has 2 amide bonds. The number of para-hydroxylation sites is 1. The molecule has 0 aliphatic carbocycles. The van der Waals surface area contributed by atoms with Gasteiger partial charge in [-0.05, 0) is 48.7 Å². The predicted octanol–water partition coefficient (Wildman–Crippen LogP) is 2.95. The molecule has 2 N–H and O–H groups in total. The van der Waals surface area contributed by atoms with E-state index in [4.69, 9.17) is 16.3 Å². The zero-order valence-electron chi connectivity index (χ0n) is 13.6. The van der Waals surface area contributed by atoms with Crippen molar-refractivity contribution in [3.8, 4) is 5.75 Å². The van der Waals surface area contributed by atoms with E-state index in [0.29, 0.717) is 23.7 Å². The molecule has 6 heteroatoms. The molecule has 2 aromatic rings. The highest BCUT2D eigenvalue weighted by atomic mass is 35.5. The molecule has 0 bridgehead atoms. The first kappa shape index (κ1) is 17.8. The van der Waals surface area contributed by atoms with Gasteiger partial charge in [0.15, 0.2) is 0 Å². The van der Waals surface area contributed by atoms with E-state index in [-0.39, 0.29) is 0 Å². The number of nitrogens with one attached hydrogen (secondary N) is 2. The highest BCUT2D eigenvalue weighted by Gasteiger charge is 2.14. The van der Waals surface area contributed by atoms with Crippen molar-refractivity contribution < 1.29 is 14.3 Å². The second-order valence-corrected chi connectivity index (χ2v) is 5.67. The second kappa shape index (κ2) is 8.36. The van der Waals surface area contributed by atoms with Gasteiger partial charge in [-0.15, -0.1) is 0 Å². The summed E-state index contributed by atoms with van der Waals surface area (Å²) in [5, 5.41) is 5.75. The lowest BCUT2D eigenvalue weighted by Gasteiger charge is -2.10. The smallest absolute Gasteiger partial charge is 0.313 e. The van der Waals surface area contributed by atoms with Crippen molar-refractivity contribution in [2.45, 2.75) is 13.3 Å². The van der Waals surface area contributed by atoms with Crippen LogP contribution in [0.5, 0.6) is 5.75 Å². The van der Waals surface area contributed by atoms with Crippen LogP contribution in [0.1, 0.15) is 11.1 Å². The Balaban J connectivity index is 1.87. The average molecular weight is 347 g/mol. The van der Waals surface area contributed by atoms with Crippen LogP contribution >= 0.6 is 11.6 Å². The number of hydrogen-bond acceptors (Lipinski definition) is 3. The number of carbonyl (C=O) groups excluding carboxylic acids is 2. The molecule has 0 aliphatic rings. The summed E-state index contributed by atoms with van der Waals surface area (Å²) in [5.41, 5.74) is 2.32. The van der Waals surface area contributed by atoms with Crippen LogP contribution in [-0.4, -0.2) is 25.5 Å². The molecule has 2 aromatic carbocycles. The summed E-state index contributed by atoms with van der Waals surface area (Å²) in [5.74, 6) is -0.632. The number of rotatable bonds is 5. The third-order valence-corrected chi connectivity index (χ3v) is 3.75. The molecule has 2 rings (SSSR count). The van der Waals surface area contributed by atoms with Gasteiger partial charge in [-0.2, -0.15) is 0 Å². The Morgan fingerprint density at radius 1 is 1.12 bits per heavy atom. The van der Waals surface area contributed by atoms with Crippen molar-refractivity contribution in [3.63, 3.8) is 0 Å². The summed E-state index contributed by atoms with van der Waals surface area (Å²) in [6.07, 6.45) is 0.572. The maximum Gasteiger partial charge on any atom is 0.313 e. The molecule has 0 atom stereocenters. The number of halogens is 1. The summed E-state index contributed by atoms with van der Waals surface area (Å²) in [4.78, 5) is 23.8. The number of hydrogen-bond donors (Lipinski definition) is 2. The number of carbonyl (C=O) groups is 2. The monoisotopic (exact) mass is 346 g/mol. The Labute approximate surface area is 146 Å². The van der Waals surface area contributed by atoms with Gasteiger partial charge in [0.05, 0.1) is 7.11 Å². The fourth-order valence-electron chi connectivity index (χ4n) is 2.25. The second-order valence-electron chi connectivity index (χ2n) is 5.23. The number of methoxy groups -OCH3 is 1. The van der Waals surface area contributed by atoms with Crippen LogP contribution in [0.25, 0.3) is 0 Å². The van der Waals surface area contributed by atoms with E-state index in [1.807, 2.05) is 24.3 Å². The van der Waals surface area contributed by atoms with Crippen LogP contribution < -0.4 is 15.4 Å². The highest BCUT2D eigenvalue weighted by molar-refractivity contribution is 6.39. The Bertz CT molecular complexity index is 747. The van der Waals surface area contributed by atoms with E-state index in [1.54, 1.807) is 32.2 Å². The standard InChI is InChI=1S/C18H19ClN2O3/c1-12-11-14(19)7-8-15(12)21-18(23)17(22)20-10-9-13-5-3-4-6-16(13)24-2/h3-8,11H,9-10H2,1-2H3,(H,20,22)(H,21,23). The lowest BCUT2D eigenvalue weighted by atomic mass is 10.1. The third-order valence-electron chi connectivity index (χ3n) is 3.52. The SMILES string of the molecule is COc1ccccc1CCNC(=O)C(=O)Nc1ccc(Cl)cc1C. The fraction of sp³-hybridized carbons (Fsp3) is 0.222. The number of benzene rings is 2. The molecule has 0 radical (unpaired) electrons. The van der Waals surface area contributed by atoms with E-state index in [1.165, 1.54) is 0 Å². The summed E-state index contributed by atoms with van der Waals surface area (Å²) in [6, 6.07) is 12.6. The predicted molar refractivity (Wildman–Crippen MR) is 94.5 cm³/mol. The summed E-state index contributed by atoms with van der Waals surface area (Å²) >= 11 is 5.87. The van der Waals surface area contributed by atoms with Gasteiger partial charge in [0, 0.05) is 17.3 Å². The van der Waals surface area contributed by atoms with E-state index < -0.39 is 11.8 Å². The Morgan fingerprint density at radius 2 is 1.88 bits per heavy atom. The molecule has 0 aliphatic heterocycles. The molecule has 0 saturated carbocycles. The molecule has 0 spiro atoms. The minimum Gasteiger partial charge on any atom is -0.496 e. The molecule has 126 valence electrons. The summed E-state index contributed by atoms with van der Waals surface area (Å²) in [7, 11) is 1.60. The van der Waals surface area contributed by atoms with Gasteiger partial charge in [-0.3, -0.25) is 9.59 Å². The molecule has 0 fully saturated rings. The van der Waals surface area contributed by atoms with E-state index in [9.17, 15) is 9.59 Å². The Kier molecular flexibility index (Phi) is 6.21. The topological polar surface area (TPSA) is 67.4 Å². The first-order valence-electron chi connectivity index (χ1n) is 7.48. The normalized spacial score (nSPS) is 10.1. The summed E-state index contributed by atoms with van der Waals surface area (Å²) in [6.45, 7) is 2.15. The van der Waals surface area contributed by atoms with Crippen LogP contribution in [0, 0.1) is 6.92 Å². The lowest BCUT2D eigenvalue weighted by molar-refractivity contribution is -0.136.